The average Bonchev–Trinajstić information content (AvgIpc) is 2.86. The Labute approximate surface area is 112 Å². The summed E-state index contributed by atoms with van der Waals surface area (Å²) in [5, 5.41) is 8.50. The molecule has 98 valence electrons. The molecule has 2 rings (SSSR count). The van der Waals surface area contributed by atoms with Gasteiger partial charge in [-0.05, 0) is 19.4 Å². The van der Waals surface area contributed by atoms with E-state index >= 15 is 0 Å². The van der Waals surface area contributed by atoms with Crippen molar-refractivity contribution in [3.8, 4) is 10.6 Å². The van der Waals surface area contributed by atoms with Gasteiger partial charge in [-0.1, -0.05) is 13.8 Å². The summed E-state index contributed by atoms with van der Waals surface area (Å²) in [5.41, 5.74) is 2.33. The summed E-state index contributed by atoms with van der Waals surface area (Å²) in [6.45, 7) is 5.35. The predicted octanol–water partition coefficient (Wildman–Crippen LogP) is 2.46. The maximum Gasteiger partial charge on any atom is 0.127 e. The molecule has 0 atom stereocenters. The molecule has 0 unspecified atom stereocenters. The molecule has 0 fully saturated rings. The summed E-state index contributed by atoms with van der Waals surface area (Å²) in [6, 6.07) is 0. The van der Waals surface area contributed by atoms with Gasteiger partial charge >= 0.3 is 0 Å². The second kappa shape index (κ2) is 5.63. The number of aryl methyl sites for hydroxylation is 1. The number of nitrogens with zero attached hydrogens (tertiary/aromatic N) is 3. The number of rotatable bonds is 5. The van der Waals surface area contributed by atoms with Gasteiger partial charge in [0.15, 0.2) is 0 Å². The lowest BCUT2D eigenvalue weighted by molar-refractivity contribution is 0.631. The molecule has 0 saturated heterocycles. The van der Waals surface area contributed by atoms with Crippen molar-refractivity contribution in [2.75, 3.05) is 7.05 Å². The Morgan fingerprint density at radius 1 is 1.44 bits per heavy atom. The van der Waals surface area contributed by atoms with Crippen LogP contribution in [0.5, 0.6) is 0 Å². The Hall–Kier alpha value is -1.20. The van der Waals surface area contributed by atoms with E-state index in [4.69, 9.17) is 4.98 Å². The molecule has 4 nitrogen and oxygen atoms in total. The second-order valence-electron chi connectivity index (χ2n) is 4.92. The quantitative estimate of drug-likeness (QED) is 0.902. The lowest BCUT2D eigenvalue weighted by atomic mass is 10.1. The first-order valence-electron chi connectivity index (χ1n) is 6.22. The van der Waals surface area contributed by atoms with Gasteiger partial charge < -0.3 is 5.32 Å². The molecular formula is C13H20N4S. The van der Waals surface area contributed by atoms with Crippen molar-refractivity contribution in [2.45, 2.75) is 26.8 Å². The van der Waals surface area contributed by atoms with Crippen LogP contribution >= 0.6 is 11.3 Å². The molecule has 0 spiro atoms. The molecule has 0 radical (unpaired) electrons. The van der Waals surface area contributed by atoms with Crippen LogP contribution in [0.15, 0.2) is 12.4 Å². The van der Waals surface area contributed by atoms with Crippen LogP contribution in [0, 0.1) is 5.92 Å². The summed E-state index contributed by atoms with van der Waals surface area (Å²) >= 11 is 1.77. The largest absolute Gasteiger partial charge is 0.315 e. The van der Waals surface area contributed by atoms with E-state index < -0.39 is 0 Å². The Kier molecular flexibility index (Phi) is 4.14. The van der Waals surface area contributed by atoms with Crippen LogP contribution in [0.4, 0.5) is 0 Å². The van der Waals surface area contributed by atoms with Crippen molar-refractivity contribution >= 4 is 11.3 Å². The van der Waals surface area contributed by atoms with Crippen LogP contribution < -0.4 is 5.32 Å². The minimum absolute atomic E-state index is 0.629. The van der Waals surface area contributed by atoms with Crippen molar-refractivity contribution in [3.63, 3.8) is 0 Å². The zero-order chi connectivity index (χ0) is 13.1. The van der Waals surface area contributed by atoms with Gasteiger partial charge in [0, 0.05) is 30.2 Å². The molecule has 0 saturated carbocycles. The van der Waals surface area contributed by atoms with Gasteiger partial charge in [-0.3, -0.25) is 4.68 Å². The van der Waals surface area contributed by atoms with Crippen molar-refractivity contribution in [2.24, 2.45) is 13.0 Å². The Bertz CT molecular complexity index is 513. The van der Waals surface area contributed by atoms with Gasteiger partial charge in [-0.15, -0.1) is 11.3 Å². The molecule has 5 heteroatoms. The van der Waals surface area contributed by atoms with Crippen LogP contribution in [-0.2, 0) is 20.0 Å². The lowest BCUT2D eigenvalue weighted by Crippen LogP contribution is -2.07. The molecule has 2 aromatic heterocycles. The fourth-order valence-corrected chi connectivity index (χ4v) is 2.96. The van der Waals surface area contributed by atoms with E-state index in [-0.39, 0.29) is 0 Å². The van der Waals surface area contributed by atoms with Crippen LogP contribution in [-0.4, -0.2) is 21.8 Å². The Balaban J connectivity index is 2.32. The van der Waals surface area contributed by atoms with E-state index in [1.807, 2.05) is 31.2 Å². The van der Waals surface area contributed by atoms with Crippen LogP contribution in [0.2, 0.25) is 0 Å². The SMILES string of the molecule is CNCc1sc(-c2cnn(C)c2)nc1CC(C)C. The number of nitrogens with one attached hydrogen (secondary N) is 1. The average molecular weight is 264 g/mol. The maximum atomic E-state index is 4.78. The normalized spacial score (nSPS) is 11.4. The molecule has 18 heavy (non-hydrogen) atoms. The van der Waals surface area contributed by atoms with Gasteiger partial charge in [-0.2, -0.15) is 5.10 Å². The van der Waals surface area contributed by atoms with Crippen molar-refractivity contribution < 1.29 is 0 Å². The fourth-order valence-electron chi connectivity index (χ4n) is 1.88. The van der Waals surface area contributed by atoms with E-state index in [2.05, 4.69) is 24.3 Å². The molecule has 0 aliphatic carbocycles. The van der Waals surface area contributed by atoms with Gasteiger partial charge in [0.05, 0.1) is 11.9 Å². The summed E-state index contributed by atoms with van der Waals surface area (Å²) in [7, 11) is 3.91. The molecule has 2 heterocycles. The molecule has 0 aliphatic rings. The standard InChI is InChI=1S/C13H20N4S/c1-9(2)5-11-12(7-14-3)18-13(16-11)10-6-15-17(4)8-10/h6,8-9,14H,5,7H2,1-4H3. The van der Waals surface area contributed by atoms with Gasteiger partial charge in [0.25, 0.3) is 0 Å². The monoisotopic (exact) mass is 264 g/mol. The third kappa shape index (κ3) is 2.97. The van der Waals surface area contributed by atoms with Crippen molar-refractivity contribution in [1.29, 1.82) is 0 Å². The first-order valence-corrected chi connectivity index (χ1v) is 7.04. The van der Waals surface area contributed by atoms with Gasteiger partial charge in [0.2, 0.25) is 0 Å². The number of thiazole rings is 1. The first kappa shape index (κ1) is 13.2. The van der Waals surface area contributed by atoms with Crippen molar-refractivity contribution in [1.82, 2.24) is 20.1 Å². The van der Waals surface area contributed by atoms with Crippen LogP contribution in [0.1, 0.15) is 24.4 Å². The highest BCUT2D eigenvalue weighted by atomic mass is 32.1. The smallest absolute Gasteiger partial charge is 0.127 e. The number of hydrogen-bond donors (Lipinski definition) is 1. The molecule has 0 aromatic carbocycles. The maximum absolute atomic E-state index is 4.78. The molecule has 2 aromatic rings. The van der Waals surface area contributed by atoms with E-state index in [1.165, 1.54) is 10.6 Å². The molecule has 0 bridgehead atoms. The summed E-state index contributed by atoms with van der Waals surface area (Å²) < 4.78 is 1.82. The summed E-state index contributed by atoms with van der Waals surface area (Å²) in [4.78, 5) is 6.12. The Morgan fingerprint density at radius 2 is 2.22 bits per heavy atom. The number of hydrogen-bond acceptors (Lipinski definition) is 4. The molecule has 1 N–H and O–H groups in total. The van der Waals surface area contributed by atoms with Crippen LogP contribution in [0.3, 0.4) is 0 Å². The van der Waals surface area contributed by atoms with Crippen molar-refractivity contribution in [3.05, 3.63) is 23.0 Å². The summed E-state index contributed by atoms with van der Waals surface area (Å²) in [6.07, 6.45) is 4.93. The van der Waals surface area contributed by atoms with E-state index in [0.29, 0.717) is 5.92 Å². The number of aromatic nitrogens is 3. The third-order valence-electron chi connectivity index (χ3n) is 2.67. The van der Waals surface area contributed by atoms with E-state index in [0.717, 1.165) is 23.5 Å². The minimum atomic E-state index is 0.629. The van der Waals surface area contributed by atoms with Gasteiger partial charge in [0.1, 0.15) is 5.01 Å². The van der Waals surface area contributed by atoms with E-state index in [9.17, 15) is 0 Å². The topological polar surface area (TPSA) is 42.7 Å². The highest BCUT2D eigenvalue weighted by Crippen LogP contribution is 2.29. The highest BCUT2D eigenvalue weighted by Gasteiger charge is 2.14. The first-order chi connectivity index (χ1) is 8.60. The predicted molar refractivity (Wildman–Crippen MR) is 75.6 cm³/mol. The Morgan fingerprint density at radius 3 is 2.78 bits per heavy atom. The molecule has 0 aliphatic heterocycles. The zero-order valence-corrected chi connectivity index (χ0v) is 12.2. The highest BCUT2D eigenvalue weighted by molar-refractivity contribution is 7.15. The fraction of sp³-hybridized carbons (Fsp3) is 0.538. The molecular weight excluding hydrogens is 244 g/mol. The van der Waals surface area contributed by atoms with Crippen LogP contribution in [0.25, 0.3) is 10.6 Å². The lowest BCUT2D eigenvalue weighted by Gasteiger charge is -2.03. The second-order valence-corrected chi connectivity index (χ2v) is 6.00. The van der Waals surface area contributed by atoms with Gasteiger partial charge in [-0.25, -0.2) is 4.98 Å². The third-order valence-corrected chi connectivity index (χ3v) is 3.82. The zero-order valence-electron chi connectivity index (χ0n) is 11.4. The summed E-state index contributed by atoms with van der Waals surface area (Å²) in [5.74, 6) is 0.629. The van der Waals surface area contributed by atoms with E-state index in [1.54, 1.807) is 11.3 Å². The minimum Gasteiger partial charge on any atom is -0.315 e. The molecule has 0 amide bonds.